The molecule has 1 saturated heterocycles. The maximum absolute atomic E-state index is 13.2. The van der Waals surface area contributed by atoms with Crippen molar-refractivity contribution < 1.29 is 30.0 Å². The Morgan fingerprint density at radius 3 is 2.43 bits per heavy atom. The van der Waals surface area contributed by atoms with Gasteiger partial charge in [0.1, 0.15) is 12.2 Å². The number of nitrogen functional groups attached to an aromatic ring is 2. The molecule has 0 radical (unpaired) electrons. The van der Waals surface area contributed by atoms with Crippen LogP contribution in [0.25, 0.3) is 0 Å². The van der Waals surface area contributed by atoms with Crippen LogP contribution in [-0.2, 0) is 11.2 Å². The van der Waals surface area contributed by atoms with E-state index in [2.05, 4.69) is 46.6 Å². The second kappa shape index (κ2) is 22.1. The number of hydrogen-bond donors (Lipinski definition) is 8. The number of rotatable bonds is 22. The summed E-state index contributed by atoms with van der Waals surface area (Å²) in [5.74, 6) is -0.0463. The lowest BCUT2D eigenvalue weighted by Crippen LogP contribution is -2.47. The minimum absolute atomic E-state index is 0.0342. The summed E-state index contributed by atoms with van der Waals surface area (Å²) < 4.78 is 0. The summed E-state index contributed by atoms with van der Waals surface area (Å²) in [5, 5.41) is 46.0. The average Bonchev–Trinajstić information content (AvgIpc) is 3.12. The van der Waals surface area contributed by atoms with Gasteiger partial charge in [-0.3, -0.25) is 9.59 Å². The van der Waals surface area contributed by atoms with Crippen LogP contribution in [-0.4, -0.2) is 129 Å². The normalized spacial score (nSPS) is 16.2. The van der Waals surface area contributed by atoms with Crippen molar-refractivity contribution in [1.29, 1.82) is 0 Å². The molecule has 2 amide bonds. The molecule has 4 atom stereocenters. The van der Waals surface area contributed by atoms with Gasteiger partial charge in [-0.05, 0) is 75.2 Å². The van der Waals surface area contributed by atoms with E-state index in [0.717, 1.165) is 51.5 Å². The van der Waals surface area contributed by atoms with Crippen LogP contribution >= 0.6 is 11.6 Å². The molecule has 1 unspecified atom stereocenters. The number of aliphatic hydroxyl groups is 4. The summed E-state index contributed by atoms with van der Waals surface area (Å²) >= 11 is 5.98. The molecule has 1 fully saturated rings. The van der Waals surface area contributed by atoms with Gasteiger partial charge in [0.05, 0.1) is 12.7 Å². The number of nitrogens with zero attached hydrogens (tertiary/aromatic N) is 4. The van der Waals surface area contributed by atoms with Gasteiger partial charge < -0.3 is 52.3 Å². The molecule has 10 N–H and O–H groups in total. The van der Waals surface area contributed by atoms with Gasteiger partial charge in [-0.25, -0.2) is 9.97 Å². The molecular formula is C36H59ClN8O6. The van der Waals surface area contributed by atoms with Gasteiger partial charge in [0.15, 0.2) is 22.5 Å². The minimum atomic E-state index is -1.46. The Morgan fingerprint density at radius 2 is 1.75 bits per heavy atom. The van der Waals surface area contributed by atoms with Crippen molar-refractivity contribution in [1.82, 2.24) is 30.4 Å². The van der Waals surface area contributed by atoms with Crippen LogP contribution in [0.15, 0.2) is 24.3 Å². The number of aryl methyl sites for hydroxylation is 1. The Balaban J connectivity index is 1.48. The standard InChI is InChI=1S/C36H59ClN8O6/c1-3-4-5-8-14-44(22-28(47)32(50)29(48)23-46)15-13-30(49)45-16-11-25(12-17-45)19-40-20-26(18-27-10-7-6-9-24(27)2)21-41-36(51)31-34(38)43-35(39)33(37)42-31/h6-7,9-10,25-26,28-29,32,40,46-48,50H,3-5,8,11-23H2,1-2H3,(H,41,51)(H4,38,39,43)/t26?,28-,29+,32+/m0/s1. The number of aliphatic hydroxyl groups excluding tert-OH is 4. The number of carbonyl (C=O) groups is 2. The van der Waals surface area contributed by atoms with E-state index in [-0.39, 0.29) is 40.9 Å². The van der Waals surface area contributed by atoms with Gasteiger partial charge >= 0.3 is 0 Å². The number of anilines is 2. The Hall–Kier alpha value is -3.11. The van der Waals surface area contributed by atoms with Crippen molar-refractivity contribution >= 4 is 35.1 Å². The van der Waals surface area contributed by atoms with Crippen LogP contribution in [0.2, 0.25) is 5.15 Å². The first-order chi connectivity index (χ1) is 24.4. The number of likely N-dealkylation sites (tertiary alicyclic amines) is 1. The third-order valence-corrected chi connectivity index (χ3v) is 9.94. The highest BCUT2D eigenvalue weighted by Crippen LogP contribution is 2.20. The fourth-order valence-corrected chi connectivity index (χ4v) is 6.51. The number of piperidine rings is 1. The first-order valence-corrected chi connectivity index (χ1v) is 18.6. The molecule has 1 aromatic carbocycles. The Morgan fingerprint density at radius 1 is 1.02 bits per heavy atom. The molecule has 51 heavy (non-hydrogen) atoms. The molecule has 14 nitrogen and oxygen atoms in total. The lowest BCUT2D eigenvalue weighted by Gasteiger charge is -2.33. The predicted molar refractivity (Wildman–Crippen MR) is 199 cm³/mol. The third-order valence-electron chi connectivity index (χ3n) is 9.66. The number of halogens is 1. The van der Waals surface area contributed by atoms with Crippen molar-refractivity contribution in [2.45, 2.75) is 83.5 Å². The van der Waals surface area contributed by atoms with E-state index in [9.17, 15) is 24.9 Å². The van der Waals surface area contributed by atoms with Crippen molar-refractivity contribution in [3.63, 3.8) is 0 Å². The Kier molecular flexibility index (Phi) is 18.3. The number of carbonyl (C=O) groups excluding carboxylic acids is 2. The lowest BCUT2D eigenvalue weighted by molar-refractivity contribution is -0.133. The molecule has 3 rings (SSSR count). The van der Waals surface area contributed by atoms with Crippen molar-refractivity contribution in [2.75, 3.05) is 70.4 Å². The van der Waals surface area contributed by atoms with E-state index >= 15 is 0 Å². The van der Waals surface area contributed by atoms with Gasteiger partial charge in [-0.2, -0.15) is 0 Å². The number of hydrogen-bond acceptors (Lipinski definition) is 12. The summed E-state index contributed by atoms with van der Waals surface area (Å²) in [4.78, 5) is 37.9. The fourth-order valence-electron chi connectivity index (χ4n) is 6.38. The van der Waals surface area contributed by atoms with E-state index in [1.807, 2.05) is 21.9 Å². The number of aromatic nitrogens is 2. The van der Waals surface area contributed by atoms with Crippen LogP contribution in [0.5, 0.6) is 0 Å². The Labute approximate surface area is 307 Å². The highest BCUT2D eigenvalue weighted by Gasteiger charge is 2.28. The maximum atomic E-state index is 13.2. The van der Waals surface area contributed by atoms with Crippen molar-refractivity contribution in [3.05, 3.63) is 46.2 Å². The largest absolute Gasteiger partial charge is 0.394 e. The smallest absolute Gasteiger partial charge is 0.273 e. The van der Waals surface area contributed by atoms with Gasteiger partial charge in [0, 0.05) is 39.1 Å². The van der Waals surface area contributed by atoms with Crippen LogP contribution in [0.4, 0.5) is 11.6 Å². The van der Waals surface area contributed by atoms with Crippen LogP contribution in [0.3, 0.4) is 0 Å². The minimum Gasteiger partial charge on any atom is -0.394 e. The van der Waals surface area contributed by atoms with E-state index in [0.29, 0.717) is 51.6 Å². The van der Waals surface area contributed by atoms with E-state index < -0.39 is 30.8 Å². The number of nitrogens with two attached hydrogens (primary N) is 2. The zero-order chi connectivity index (χ0) is 37.3. The number of benzene rings is 1. The molecule has 0 spiro atoms. The molecular weight excluding hydrogens is 676 g/mol. The second-order valence-corrected chi connectivity index (χ2v) is 14.1. The Bertz CT molecular complexity index is 1360. The zero-order valence-electron chi connectivity index (χ0n) is 30.1. The molecule has 0 aliphatic carbocycles. The molecule has 1 aliphatic heterocycles. The first kappa shape index (κ1) is 42.3. The highest BCUT2D eigenvalue weighted by atomic mass is 35.5. The molecule has 0 saturated carbocycles. The summed E-state index contributed by atoms with van der Waals surface area (Å²) in [6.07, 6.45) is 2.81. The monoisotopic (exact) mass is 734 g/mol. The predicted octanol–water partition coefficient (Wildman–Crippen LogP) is 1.37. The summed E-state index contributed by atoms with van der Waals surface area (Å²) in [7, 11) is 0. The quantitative estimate of drug-likeness (QED) is 0.0804. The summed E-state index contributed by atoms with van der Waals surface area (Å²) in [6.45, 7) is 7.96. The van der Waals surface area contributed by atoms with Gasteiger partial charge in [-0.1, -0.05) is 62.1 Å². The number of amides is 2. The molecule has 1 aromatic heterocycles. The fraction of sp³-hybridized carbons (Fsp3) is 0.667. The van der Waals surface area contributed by atoms with Crippen LogP contribution in [0.1, 0.15) is 73.5 Å². The molecule has 15 heteroatoms. The van der Waals surface area contributed by atoms with Crippen LogP contribution < -0.4 is 22.1 Å². The third kappa shape index (κ3) is 14.1. The van der Waals surface area contributed by atoms with Gasteiger partial charge in [-0.15, -0.1) is 0 Å². The summed E-state index contributed by atoms with van der Waals surface area (Å²) in [6, 6.07) is 8.18. The topological polar surface area (TPSA) is 223 Å². The molecule has 286 valence electrons. The lowest BCUT2D eigenvalue weighted by atomic mass is 9.94. The van der Waals surface area contributed by atoms with Crippen molar-refractivity contribution in [2.24, 2.45) is 11.8 Å². The highest BCUT2D eigenvalue weighted by molar-refractivity contribution is 6.31. The van der Waals surface area contributed by atoms with Crippen LogP contribution in [0, 0.1) is 18.8 Å². The SMILES string of the molecule is CCCCCCN(CCC(=O)N1CCC(CNCC(CNC(=O)c2nc(Cl)c(N)nc2N)Cc2ccccc2C)CC1)C[C@H](O)[C@@H](O)[C@H](O)CO. The van der Waals surface area contributed by atoms with Gasteiger partial charge in [0.25, 0.3) is 5.91 Å². The van der Waals surface area contributed by atoms with Crippen molar-refractivity contribution in [3.8, 4) is 0 Å². The molecule has 2 aromatic rings. The number of nitrogens with one attached hydrogen (secondary N) is 2. The molecule has 1 aliphatic rings. The first-order valence-electron chi connectivity index (χ1n) is 18.2. The summed E-state index contributed by atoms with van der Waals surface area (Å²) in [5.41, 5.74) is 13.9. The average molecular weight is 735 g/mol. The maximum Gasteiger partial charge on any atom is 0.273 e. The van der Waals surface area contributed by atoms with E-state index in [1.54, 1.807) is 0 Å². The molecule has 2 heterocycles. The number of unbranched alkanes of at least 4 members (excludes halogenated alkanes) is 3. The molecule has 0 bridgehead atoms. The van der Waals surface area contributed by atoms with Gasteiger partial charge in [0.2, 0.25) is 5.91 Å². The zero-order valence-corrected chi connectivity index (χ0v) is 30.9. The van der Waals surface area contributed by atoms with E-state index in [4.69, 9.17) is 28.2 Å². The van der Waals surface area contributed by atoms with E-state index in [1.165, 1.54) is 11.1 Å². The second-order valence-electron chi connectivity index (χ2n) is 13.7.